The van der Waals surface area contributed by atoms with Gasteiger partial charge in [0.1, 0.15) is 4.32 Å². The lowest BCUT2D eigenvalue weighted by atomic mass is 10.2. The number of benzene rings is 1. The number of likely N-dealkylation sites (N-methyl/N-ethyl adjacent to an activating group) is 1. The number of amides is 1. The van der Waals surface area contributed by atoms with Crippen LogP contribution < -0.4 is 4.74 Å². The molecule has 21 heavy (non-hydrogen) atoms. The summed E-state index contributed by atoms with van der Waals surface area (Å²) in [5.41, 5.74) is 0.679. The van der Waals surface area contributed by atoms with Gasteiger partial charge in [0.25, 0.3) is 5.91 Å². The van der Waals surface area contributed by atoms with E-state index in [0.717, 1.165) is 0 Å². The zero-order chi connectivity index (χ0) is 15.6. The number of thioether (sulfide) groups is 1. The van der Waals surface area contributed by atoms with Crippen molar-refractivity contribution in [3.63, 3.8) is 0 Å². The fraction of sp³-hybridized carbons (Fsp3) is 0.286. The highest BCUT2D eigenvalue weighted by Gasteiger charge is 2.30. The van der Waals surface area contributed by atoms with Gasteiger partial charge in [-0.1, -0.05) is 35.6 Å². The molecule has 0 unspecified atom stereocenters. The van der Waals surface area contributed by atoms with Gasteiger partial charge >= 0.3 is 0 Å². The number of nitrogens with zero attached hydrogens (tertiary/aromatic N) is 1. The summed E-state index contributed by atoms with van der Waals surface area (Å²) in [4.78, 5) is 14.2. The number of hydrogen-bond donors (Lipinski definition) is 1. The molecule has 1 aliphatic heterocycles. The summed E-state index contributed by atoms with van der Waals surface area (Å²) >= 11 is 12.4. The van der Waals surface area contributed by atoms with E-state index < -0.39 is 0 Å². The maximum Gasteiger partial charge on any atom is 0.266 e. The number of phenols is 1. The first-order valence-corrected chi connectivity index (χ1v) is 7.98. The normalized spacial score (nSPS) is 16.9. The van der Waals surface area contributed by atoms with E-state index in [1.807, 2.05) is 13.8 Å². The van der Waals surface area contributed by atoms with Gasteiger partial charge in [0.05, 0.1) is 16.5 Å². The Hall–Kier alpha value is -1.24. The number of carbonyl (C=O) groups is 1. The second-order valence-electron chi connectivity index (χ2n) is 4.21. The Morgan fingerprint density at radius 3 is 2.76 bits per heavy atom. The molecule has 1 amide bonds. The number of rotatable bonds is 4. The van der Waals surface area contributed by atoms with Crippen LogP contribution in [-0.4, -0.2) is 33.4 Å². The predicted octanol–water partition coefficient (Wildman–Crippen LogP) is 3.67. The smallest absolute Gasteiger partial charge is 0.266 e. The van der Waals surface area contributed by atoms with E-state index in [0.29, 0.717) is 33.7 Å². The van der Waals surface area contributed by atoms with Crippen molar-refractivity contribution in [2.45, 2.75) is 13.8 Å². The number of halogens is 1. The standard InChI is InChI=1S/C14H14ClNO3S2/c1-3-16-13(18)11(21-14(16)20)7-8-5-9(15)12(17)10(6-8)19-4-2/h5-7,17H,3-4H2,1-2H3. The van der Waals surface area contributed by atoms with E-state index in [2.05, 4.69) is 0 Å². The highest BCUT2D eigenvalue weighted by molar-refractivity contribution is 8.26. The number of phenolic OH excluding ortho intramolecular Hbond substituents is 1. The van der Waals surface area contributed by atoms with E-state index in [9.17, 15) is 9.90 Å². The largest absolute Gasteiger partial charge is 0.503 e. The quantitative estimate of drug-likeness (QED) is 0.667. The van der Waals surface area contributed by atoms with E-state index >= 15 is 0 Å². The van der Waals surface area contributed by atoms with Crippen LogP contribution in [0.2, 0.25) is 5.02 Å². The molecule has 0 radical (unpaired) electrons. The Kier molecular flexibility index (Phi) is 5.13. The van der Waals surface area contributed by atoms with Crippen molar-refractivity contribution in [2.75, 3.05) is 13.2 Å². The molecule has 1 heterocycles. The molecule has 1 N–H and O–H groups in total. The fourth-order valence-corrected chi connectivity index (χ4v) is 3.47. The molecule has 0 bridgehead atoms. The summed E-state index contributed by atoms with van der Waals surface area (Å²) in [5.74, 6) is 0.0775. The molecule has 0 spiro atoms. The van der Waals surface area contributed by atoms with Crippen molar-refractivity contribution in [1.82, 2.24) is 4.90 Å². The summed E-state index contributed by atoms with van der Waals surface area (Å²) in [6.45, 7) is 4.64. The maximum atomic E-state index is 12.1. The lowest BCUT2D eigenvalue weighted by Crippen LogP contribution is -2.27. The van der Waals surface area contributed by atoms with Crippen molar-refractivity contribution in [3.8, 4) is 11.5 Å². The molecular formula is C14H14ClNO3S2. The minimum atomic E-state index is -0.116. The molecule has 4 nitrogen and oxygen atoms in total. The zero-order valence-corrected chi connectivity index (χ0v) is 13.9. The highest BCUT2D eigenvalue weighted by atomic mass is 35.5. The first-order chi connectivity index (χ1) is 9.97. The summed E-state index contributed by atoms with van der Waals surface area (Å²) < 4.78 is 5.87. The van der Waals surface area contributed by atoms with E-state index in [4.69, 9.17) is 28.6 Å². The Labute approximate surface area is 137 Å². The van der Waals surface area contributed by atoms with Gasteiger partial charge in [0.2, 0.25) is 0 Å². The fourth-order valence-electron chi connectivity index (χ4n) is 1.87. The molecule has 7 heteroatoms. The van der Waals surface area contributed by atoms with Gasteiger partial charge in [0.15, 0.2) is 11.5 Å². The van der Waals surface area contributed by atoms with Crippen LogP contribution in [0.25, 0.3) is 6.08 Å². The molecule has 0 atom stereocenters. The van der Waals surface area contributed by atoms with Crippen molar-refractivity contribution < 1.29 is 14.6 Å². The van der Waals surface area contributed by atoms with E-state index in [1.54, 1.807) is 18.2 Å². The summed E-state index contributed by atoms with van der Waals surface area (Å²) in [7, 11) is 0. The third-order valence-electron chi connectivity index (χ3n) is 2.84. The zero-order valence-electron chi connectivity index (χ0n) is 11.6. The van der Waals surface area contributed by atoms with Crippen LogP contribution in [0.4, 0.5) is 0 Å². The molecule has 1 aromatic carbocycles. The van der Waals surface area contributed by atoms with Crippen LogP contribution in [-0.2, 0) is 4.79 Å². The summed E-state index contributed by atoms with van der Waals surface area (Å²) in [6.07, 6.45) is 1.70. The van der Waals surface area contributed by atoms with Crippen molar-refractivity contribution in [3.05, 3.63) is 27.6 Å². The second kappa shape index (κ2) is 6.68. The third-order valence-corrected chi connectivity index (χ3v) is 4.50. The maximum absolute atomic E-state index is 12.1. The van der Waals surface area contributed by atoms with Crippen molar-refractivity contribution >= 4 is 51.9 Å². The molecule has 1 saturated heterocycles. The number of thiocarbonyl (C=S) groups is 1. The second-order valence-corrected chi connectivity index (χ2v) is 6.29. The van der Waals surface area contributed by atoms with Gasteiger partial charge in [-0.05, 0) is 37.6 Å². The number of aromatic hydroxyl groups is 1. The van der Waals surface area contributed by atoms with Crippen LogP contribution >= 0.6 is 35.6 Å². The van der Waals surface area contributed by atoms with Crippen LogP contribution in [0.3, 0.4) is 0 Å². The predicted molar refractivity (Wildman–Crippen MR) is 89.8 cm³/mol. The molecule has 0 saturated carbocycles. The molecule has 0 aliphatic carbocycles. The Bertz CT molecular complexity index is 631. The first kappa shape index (κ1) is 16.1. The van der Waals surface area contributed by atoms with Crippen molar-refractivity contribution in [2.24, 2.45) is 0 Å². The SMILES string of the molecule is CCOc1cc(C=C2SC(=S)N(CC)C2=O)cc(Cl)c1O. The molecule has 1 aliphatic rings. The lowest BCUT2D eigenvalue weighted by Gasteiger charge is -2.10. The van der Waals surface area contributed by atoms with Crippen LogP contribution in [0, 0.1) is 0 Å². The Balaban J connectivity index is 2.37. The topological polar surface area (TPSA) is 49.8 Å². The molecule has 1 aromatic rings. The molecule has 2 rings (SSSR count). The van der Waals surface area contributed by atoms with Crippen LogP contribution in [0.5, 0.6) is 11.5 Å². The van der Waals surface area contributed by atoms with Gasteiger partial charge in [0, 0.05) is 6.54 Å². The summed E-state index contributed by atoms with van der Waals surface area (Å²) in [5, 5.41) is 9.99. The minimum absolute atomic E-state index is 0.100. The monoisotopic (exact) mass is 343 g/mol. The minimum Gasteiger partial charge on any atom is -0.503 e. The Morgan fingerprint density at radius 1 is 1.48 bits per heavy atom. The van der Waals surface area contributed by atoms with Crippen LogP contribution in [0.1, 0.15) is 19.4 Å². The first-order valence-electron chi connectivity index (χ1n) is 6.38. The van der Waals surface area contributed by atoms with E-state index in [-0.39, 0.29) is 16.7 Å². The van der Waals surface area contributed by atoms with Gasteiger partial charge in [-0.3, -0.25) is 9.69 Å². The van der Waals surface area contributed by atoms with Crippen LogP contribution in [0.15, 0.2) is 17.0 Å². The van der Waals surface area contributed by atoms with Gasteiger partial charge in [-0.25, -0.2) is 0 Å². The third kappa shape index (κ3) is 3.33. The molecule has 112 valence electrons. The average molecular weight is 344 g/mol. The molecule has 1 fully saturated rings. The lowest BCUT2D eigenvalue weighted by molar-refractivity contribution is -0.121. The molecule has 0 aromatic heterocycles. The number of hydrogen-bond acceptors (Lipinski definition) is 5. The molecular weight excluding hydrogens is 330 g/mol. The van der Waals surface area contributed by atoms with Gasteiger partial charge in [-0.2, -0.15) is 0 Å². The number of carbonyl (C=O) groups excluding carboxylic acids is 1. The average Bonchev–Trinajstić information content (AvgIpc) is 2.70. The van der Waals surface area contributed by atoms with Crippen molar-refractivity contribution in [1.29, 1.82) is 0 Å². The van der Waals surface area contributed by atoms with Gasteiger partial charge in [-0.15, -0.1) is 0 Å². The van der Waals surface area contributed by atoms with E-state index in [1.165, 1.54) is 16.7 Å². The highest BCUT2D eigenvalue weighted by Crippen LogP contribution is 2.38. The van der Waals surface area contributed by atoms with Gasteiger partial charge < -0.3 is 9.84 Å². The Morgan fingerprint density at radius 2 is 2.19 bits per heavy atom. The number of ether oxygens (including phenoxy) is 1. The summed E-state index contributed by atoms with van der Waals surface area (Å²) in [6, 6.07) is 3.22.